The van der Waals surface area contributed by atoms with Gasteiger partial charge in [-0.25, -0.2) is 4.79 Å². The number of carboxylic acid groups (broad SMARTS) is 1. The molecule has 0 radical (unpaired) electrons. The van der Waals surface area contributed by atoms with E-state index in [4.69, 9.17) is 14.4 Å². The van der Waals surface area contributed by atoms with E-state index >= 15 is 0 Å². The Hall–Kier alpha value is -2.10. The number of nitrogens with zero attached hydrogens (tertiary/aromatic N) is 1. The predicted octanol–water partition coefficient (Wildman–Crippen LogP) is 3.16. The SMILES string of the molecule is O=C(NCC1CCCCC1)c1cc(CC2CCNCC2)on1.O=C(O)C(F)(F)F. The monoisotopic (exact) mass is 419 g/mol. The molecule has 1 aromatic rings. The normalized spacial score (nSPS) is 18.6. The number of hydrogen-bond acceptors (Lipinski definition) is 5. The summed E-state index contributed by atoms with van der Waals surface area (Å²) in [7, 11) is 0. The highest BCUT2D eigenvalue weighted by Crippen LogP contribution is 2.23. The van der Waals surface area contributed by atoms with Crippen LogP contribution in [-0.2, 0) is 11.2 Å². The Bertz CT molecular complexity index is 651. The lowest BCUT2D eigenvalue weighted by molar-refractivity contribution is -0.192. The summed E-state index contributed by atoms with van der Waals surface area (Å²) in [5, 5.41) is 17.4. The zero-order chi connectivity index (χ0) is 21.3. The number of amides is 1. The second-order valence-electron chi connectivity index (χ2n) is 7.59. The maximum absolute atomic E-state index is 12.1. The average Bonchev–Trinajstić information content (AvgIpc) is 3.16. The number of piperidine rings is 1. The molecule has 0 atom stereocenters. The maximum atomic E-state index is 12.1. The average molecular weight is 419 g/mol. The summed E-state index contributed by atoms with van der Waals surface area (Å²) in [5.74, 6) is -0.723. The van der Waals surface area contributed by atoms with E-state index in [2.05, 4.69) is 15.8 Å². The first-order chi connectivity index (χ1) is 13.8. The Balaban J connectivity index is 0.000000370. The van der Waals surface area contributed by atoms with Crippen molar-refractivity contribution in [2.75, 3.05) is 19.6 Å². The fourth-order valence-corrected chi connectivity index (χ4v) is 3.61. The van der Waals surface area contributed by atoms with Crippen LogP contribution in [0.1, 0.15) is 61.2 Å². The van der Waals surface area contributed by atoms with Crippen molar-refractivity contribution in [1.29, 1.82) is 0 Å². The molecule has 10 heteroatoms. The first-order valence-corrected chi connectivity index (χ1v) is 10.0. The highest BCUT2D eigenvalue weighted by atomic mass is 19.4. The van der Waals surface area contributed by atoms with Gasteiger partial charge < -0.3 is 20.3 Å². The van der Waals surface area contributed by atoms with Gasteiger partial charge in [0.05, 0.1) is 0 Å². The highest BCUT2D eigenvalue weighted by molar-refractivity contribution is 5.92. The van der Waals surface area contributed by atoms with Crippen molar-refractivity contribution in [3.63, 3.8) is 0 Å². The van der Waals surface area contributed by atoms with E-state index in [1.165, 1.54) is 44.9 Å². The quantitative estimate of drug-likeness (QED) is 0.677. The molecule has 1 saturated carbocycles. The zero-order valence-electron chi connectivity index (χ0n) is 16.3. The molecule has 2 heterocycles. The van der Waals surface area contributed by atoms with Crippen LogP contribution in [0.3, 0.4) is 0 Å². The second kappa shape index (κ2) is 11.2. The summed E-state index contributed by atoms with van der Waals surface area (Å²) in [5.41, 5.74) is 0.430. The lowest BCUT2D eigenvalue weighted by Gasteiger charge is -2.21. The van der Waals surface area contributed by atoms with Gasteiger partial charge in [0.2, 0.25) is 0 Å². The Labute approximate surface area is 167 Å². The largest absolute Gasteiger partial charge is 0.490 e. The molecule has 3 rings (SSSR count). The van der Waals surface area contributed by atoms with Crippen LogP contribution < -0.4 is 10.6 Å². The molecule has 0 spiro atoms. The van der Waals surface area contributed by atoms with Crippen LogP contribution in [0.25, 0.3) is 0 Å². The number of carbonyl (C=O) groups excluding carboxylic acids is 1. The van der Waals surface area contributed by atoms with E-state index in [1.807, 2.05) is 6.07 Å². The third-order valence-corrected chi connectivity index (χ3v) is 5.26. The fraction of sp³-hybridized carbons (Fsp3) is 0.737. The van der Waals surface area contributed by atoms with Crippen LogP contribution in [0, 0.1) is 11.8 Å². The number of carboxylic acids is 1. The van der Waals surface area contributed by atoms with Crippen LogP contribution in [0.4, 0.5) is 13.2 Å². The van der Waals surface area contributed by atoms with Crippen LogP contribution in [0.2, 0.25) is 0 Å². The number of halogens is 3. The summed E-state index contributed by atoms with van der Waals surface area (Å²) in [6.07, 6.45) is 4.56. The number of aromatic nitrogens is 1. The third kappa shape index (κ3) is 8.43. The third-order valence-electron chi connectivity index (χ3n) is 5.26. The van der Waals surface area contributed by atoms with Gasteiger partial charge in [-0.3, -0.25) is 4.79 Å². The van der Waals surface area contributed by atoms with E-state index in [-0.39, 0.29) is 5.91 Å². The number of hydrogen-bond donors (Lipinski definition) is 3. The van der Waals surface area contributed by atoms with Gasteiger partial charge in [-0.15, -0.1) is 0 Å². The summed E-state index contributed by atoms with van der Waals surface area (Å²) in [4.78, 5) is 21.0. The van der Waals surface area contributed by atoms with Crippen LogP contribution in [0.15, 0.2) is 10.6 Å². The number of carbonyl (C=O) groups is 2. The van der Waals surface area contributed by atoms with Gasteiger partial charge in [-0.1, -0.05) is 24.4 Å². The van der Waals surface area contributed by atoms with Crippen molar-refractivity contribution < 1.29 is 32.4 Å². The predicted molar refractivity (Wildman–Crippen MR) is 98.4 cm³/mol. The highest BCUT2D eigenvalue weighted by Gasteiger charge is 2.38. The lowest BCUT2D eigenvalue weighted by atomic mass is 9.89. The number of nitrogens with one attached hydrogen (secondary N) is 2. The van der Waals surface area contributed by atoms with Crippen molar-refractivity contribution in [3.8, 4) is 0 Å². The molecule has 1 aliphatic heterocycles. The van der Waals surface area contributed by atoms with Crippen LogP contribution in [-0.4, -0.2) is 48.0 Å². The number of rotatable bonds is 5. The topological polar surface area (TPSA) is 104 Å². The van der Waals surface area contributed by atoms with Gasteiger partial charge in [0.15, 0.2) is 5.69 Å². The number of aliphatic carboxylic acids is 1. The van der Waals surface area contributed by atoms with E-state index in [0.29, 0.717) is 17.5 Å². The van der Waals surface area contributed by atoms with Gasteiger partial charge in [0.25, 0.3) is 5.91 Å². The molecular formula is C19H28F3N3O4. The minimum absolute atomic E-state index is 0.0918. The number of alkyl halides is 3. The fourth-order valence-electron chi connectivity index (χ4n) is 3.61. The molecule has 0 unspecified atom stereocenters. The Morgan fingerprint density at radius 2 is 1.76 bits per heavy atom. The molecule has 7 nitrogen and oxygen atoms in total. The van der Waals surface area contributed by atoms with Crippen molar-refractivity contribution in [2.45, 2.75) is 57.5 Å². The summed E-state index contributed by atoms with van der Waals surface area (Å²) in [6.45, 7) is 2.93. The maximum Gasteiger partial charge on any atom is 0.490 e. The molecule has 0 aromatic carbocycles. The molecule has 1 amide bonds. The molecule has 2 fully saturated rings. The van der Waals surface area contributed by atoms with Crippen LogP contribution >= 0.6 is 0 Å². The van der Waals surface area contributed by atoms with Gasteiger partial charge in [-0.2, -0.15) is 13.2 Å². The van der Waals surface area contributed by atoms with E-state index < -0.39 is 12.1 Å². The molecule has 1 aliphatic carbocycles. The first kappa shape index (κ1) is 23.2. The van der Waals surface area contributed by atoms with E-state index in [9.17, 15) is 18.0 Å². The Morgan fingerprint density at radius 3 is 2.34 bits per heavy atom. The van der Waals surface area contributed by atoms with Crippen molar-refractivity contribution in [2.24, 2.45) is 11.8 Å². The molecule has 1 aromatic heterocycles. The lowest BCUT2D eigenvalue weighted by Crippen LogP contribution is -2.30. The first-order valence-electron chi connectivity index (χ1n) is 10.0. The van der Waals surface area contributed by atoms with Gasteiger partial charge in [-0.05, 0) is 50.6 Å². The molecule has 164 valence electrons. The minimum atomic E-state index is -5.08. The van der Waals surface area contributed by atoms with Crippen molar-refractivity contribution in [3.05, 3.63) is 17.5 Å². The molecule has 0 bridgehead atoms. The standard InChI is InChI=1S/C17H27N3O2.C2HF3O2/c21-17(19-12-14-4-2-1-3-5-14)16-11-15(22-20-16)10-13-6-8-18-9-7-13;3-2(4,5)1(6)7/h11,13-14,18H,1-10,12H2,(H,19,21);(H,6,7). The molecule has 29 heavy (non-hydrogen) atoms. The van der Waals surface area contributed by atoms with Gasteiger partial charge in [0, 0.05) is 19.0 Å². The summed E-state index contributed by atoms with van der Waals surface area (Å²) in [6, 6.07) is 1.82. The smallest absolute Gasteiger partial charge is 0.475 e. The Morgan fingerprint density at radius 1 is 1.14 bits per heavy atom. The minimum Gasteiger partial charge on any atom is -0.475 e. The van der Waals surface area contributed by atoms with Gasteiger partial charge >= 0.3 is 12.1 Å². The van der Waals surface area contributed by atoms with E-state index in [0.717, 1.165) is 31.8 Å². The summed E-state index contributed by atoms with van der Waals surface area (Å²) < 4.78 is 37.1. The molecular weight excluding hydrogens is 391 g/mol. The van der Waals surface area contributed by atoms with E-state index in [1.54, 1.807) is 0 Å². The molecule has 1 saturated heterocycles. The van der Waals surface area contributed by atoms with Crippen LogP contribution in [0.5, 0.6) is 0 Å². The van der Waals surface area contributed by atoms with Crippen molar-refractivity contribution in [1.82, 2.24) is 15.8 Å². The Kier molecular flexibility index (Phi) is 8.94. The molecule has 2 aliphatic rings. The second-order valence-corrected chi connectivity index (χ2v) is 7.59. The van der Waals surface area contributed by atoms with Gasteiger partial charge in [0.1, 0.15) is 5.76 Å². The van der Waals surface area contributed by atoms with Crippen molar-refractivity contribution >= 4 is 11.9 Å². The zero-order valence-corrected chi connectivity index (χ0v) is 16.3. The summed E-state index contributed by atoms with van der Waals surface area (Å²) >= 11 is 0. The molecule has 3 N–H and O–H groups in total.